The maximum atomic E-state index is 12.0. The molecule has 30 heavy (non-hydrogen) atoms. The average Bonchev–Trinajstić information content (AvgIpc) is 2.69. The summed E-state index contributed by atoms with van der Waals surface area (Å²) in [5.74, 6) is 0.636. The van der Waals surface area contributed by atoms with Gasteiger partial charge in [0.15, 0.2) is 15.8 Å². The van der Waals surface area contributed by atoms with Gasteiger partial charge in [-0.05, 0) is 48.7 Å². The minimum absolute atomic E-state index is 0.0263. The van der Waals surface area contributed by atoms with Crippen LogP contribution in [0.3, 0.4) is 0 Å². The van der Waals surface area contributed by atoms with Gasteiger partial charge in [-0.15, -0.1) is 0 Å². The van der Waals surface area contributed by atoms with Crippen LogP contribution < -0.4 is 10.6 Å². The van der Waals surface area contributed by atoms with E-state index in [0.29, 0.717) is 36.1 Å². The first-order valence-corrected chi connectivity index (χ1v) is 11.6. The van der Waals surface area contributed by atoms with Crippen molar-refractivity contribution in [3.05, 3.63) is 64.7 Å². The summed E-state index contributed by atoms with van der Waals surface area (Å²) in [6, 6.07) is 12.7. The Labute approximate surface area is 179 Å². The largest absolute Gasteiger partial charge is 0.357 e. The average molecular weight is 431 g/mol. The lowest BCUT2D eigenvalue weighted by molar-refractivity contribution is 0.0827. The summed E-state index contributed by atoms with van der Waals surface area (Å²) in [5, 5.41) is 6.48. The number of nitrogens with one attached hydrogen (secondary N) is 2. The van der Waals surface area contributed by atoms with E-state index in [-0.39, 0.29) is 5.91 Å². The summed E-state index contributed by atoms with van der Waals surface area (Å²) in [7, 11) is 0.232. The van der Waals surface area contributed by atoms with Crippen LogP contribution in [0.2, 0.25) is 0 Å². The van der Waals surface area contributed by atoms with Crippen LogP contribution in [0.4, 0.5) is 0 Å². The molecule has 7 nitrogen and oxygen atoms in total. The Kier molecular flexibility index (Phi) is 8.00. The molecule has 2 rings (SSSR count). The highest BCUT2D eigenvalue weighted by molar-refractivity contribution is 7.90. The Balaban J connectivity index is 2.04. The van der Waals surface area contributed by atoms with E-state index in [2.05, 4.69) is 15.6 Å². The molecule has 0 aliphatic heterocycles. The quantitative estimate of drug-likeness (QED) is 0.520. The maximum Gasteiger partial charge on any atom is 0.253 e. The molecular formula is C22H30N4O3S. The Morgan fingerprint density at radius 1 is 1.03 bits per heavy atom. The first kappa shape index (κ1) is 23.4. The lowest BCUT2D eigenvalue weighted by Crippen LogP contribution is -2.36. The van der Waals surface area contributed by atoms with Crippen molar-refractivity contribution in [3.8, 4) is 0 Å². The highest BCUT2D eigenvalue weighted by Crippen LogP contribution is 2.17. The zero-order chi connectivity index (χ0) is 22.3. The van der Waals surface area contributed by atoms with Crippen LogP contribution in [-0.2, 0) is 22.9 Å². The third-order valence-electron chi connectivity index (χ3n) is 4.47. The van der Waals surface area contributed by atoms with E-state index < -0.39 is 9.84 Å². The van der Waals surface area contributed by atoms with Gasteiger partial charge in [0.1, 0.15) is 0 Å². The number of carbonyl (C=O) groups excluding carboxylic acids is 1. The molecule has 0 saturated heterocycles. The van der Waals surface area contributed by atoms with Gasteiger partial charge in [-0.25, -0.2) is 13.4 Å². The fourth-order valence-corrected chi connectivity index (χ4v) is 3.91. The Morgan fingerprint density at radius 2 is 1.67 bits per heavy atom. The predicted molar refractivity (Wildman–Crippen MR) is 120 cm³/mol. The molecule has 2 aromatic rings. The summed E-state index contributed by atoms with van der Waals surface area (Å²) >= 11 is 0. The first-order valence-electron chi connectivity index (χ1n) is 9.74. The molecule has 2 N–H and O–H groups in total. The highest BCUT2D eigenvalue weighted by Gasteiger charge is 2.11. The first-order chi connectivity index (χ1) is 14.1. The number of aryl methyl sites for hydroxylation is 1. The number of aliphatic imine (C=N–C) groups is 1. The van der Waals surface area contributed by atoms with Gasteiger partial charge in [-0.2, -0.15) is 0 Å². The van der Waals surface area contributed by atoms with Gasteiger partial charge in [-0.3, -0.25) is 4.79 Å². The van der Waals surface area contributed by atoms with E-state index in [0.717, 1.165) is 16.7 Å². The van der Waals surface area contributed by atoms with Gasteiger partial charge in [0.05, 0.1) is 11.4 Å². The molecule has 2 aromatic carbocycles. The van der Waals surface area contributed by atoms with Gasteiger partial charge in [0, 0.05) is 39.0 Å². The Bertz CT molecular complexity index is 1010. The van der Waals surface area contributed by atoms with Gasteiger partial charge < -0.3 is 15.5 Å². The van der Waals surface area contributed by atoms with E-state index >= 15 is 0 Å². The summed E-state index contributed by atoms with van der Waals surface area (Å²) in [4.78, 5) is 18.5. The fraction of sp³-hybridized carbons (Fsp3) is 0.364. The zero-order valence-electron chi connectivity index (χ0n) is 18.2. The minimum Gasteiger partial charge on any atom is -0.357 e. The van der Waals surface area contributed by atoms with Crippen molar-refractivity contribution in [3.63, 3.8) is 0 Å². The number of hydrogen-bond donors (Lipinski definition) is 2. The van der Waals surface area contributed by atoms with E-state index in [1.165, 1.54) is 6.26 Å². The van der Waals surface area contributed by atoms with Gasteiger partial charge >= 0.3 is 0 Å². The molecule has 0 atom stereocenters. The van der Waals surface area contributed by atoms with Gasteiger partial charge in [0.25, 0.3) is 5.91 Å². The van der Waals surface area contributed by atoms with Crippen LogP contribution in [0.1, 0.15) is 34.0 Å². The molecule has 0 aromatic heterocycles. The Hall–Kier alpha value is -2.87. The molecule has 8 heteroatoms. The highest BCUT2D eigenvalue weighted by atomic mass is 32.2. The van der Waals surface area contributed by atoms with Gasteiger partial charge in [0.2, 0.25) is 0 Å². The van der Waals surface area contributed by atoms with Crippen LogP contribution in [0.5, 0.6) is 0 Å². The van der Waals surface area contributed by atoms with Crippen molar-refractivity contribution in [2.45, 2.75) is 31.8 Å². The summed E-state index contributed by atoms with van der Waals surface area (Å²) in [6.45, 7) is 5.49. The second-order valence-electron chi connectivity index (χ2n) is 7.32. The second-order valence-corrected chi connectivity index (χ2v) is 9.30. The third-order valence-corrected chi connectivity index (χ3v) is 5.73. The smallest absolute Gasteiger partial charge is 0.253 e. The molecule has 0 heterocycles. The molecule has 0 aliphatic rings. The number of hydrogen-bond acceptors (Lipinski definition) is 4. The summed E-state index contributed by atoms with van der Waals surface area (Å²) in [6.07, 6.45) is 1.21. The zero-order valence-corrected chi connectivity index (χ0v) is 19.0. The van der Waals surface area contributed by atoms with E-state index in [4.69, 9.17) is 0 Å². The van der Waals surface area contributed by atoms with E-state index in [1.807, 2.05) is 37.3 Å². The number of carbonyl (C=O) groups is 1. The molecule has 0 spiro atoms. The van der Waals surface area contributed by atoms with Crippen LogP contribution in [0, 0.1) is 6.92 Å². The topological polar surface area (TPSA) is 90.9 Å². The predicted octanol–water partition coefficient (Wildman–Crippen LogP) is 2.36. The standard InChI is InChI=1S/C22H30N4O3S/c1-6-23-22(24-14-17-7-10-19(11-8-17)21(27)26(3)4)25-15-18-9-12-20(16(2)13-18)30(5,28)29/h7-13H,6,14-15H2,1-5H3,(H2,23,24,25). The van der Waals surface area contributed by atoms with Crippen molar-refractivity contribution in [1.82, 2.24) is 15.5 Å². The van der Waals surface area contributed by atoms with Crippen LogP contribution in [0.25, 0.3) is 0 Å². The lowest BCUT2D eigenvalue weighted by atomic mass is 10.1. The molecule has 1 amide bonds. The molecule has 0 radical (unpaired) electrons. The Morgan fingerprint density at radius 3 is 2.20 bits per heavy atom. The summed E-state index contributed by atoms with van der Waals surface area (Å²) < 4.78 is 23.5. The number of guanidine groups is 1. The third kappa shape index (κ3) is 6.59. The molecule has 0 bridgehead atoms. The number of amides is 1. The second kappa shape index (κ2) is 10.2. The SMILES string of the molecule is CCNC(=NCc1ccc(S(C)(=O)=O)c(C)c1)NCc1ccc(C(=O)N(C)C)cc1. The minimum atomic E-state index is -3.23. The monoisotopic (exact) mass is 430 g/mol. The number of nitrogens with zero attached hydrogens (tertiary/aromatic N) is 2. The molecule has 0 saturated carbocycles. The fourth-order valence-electron chi connectivity index (χ4n) is 2.95. The molecular weight excluding hydrogens is 400 g/mol. The number of rotatable bonds is 7. The number of benzene rings is 2. The molecule has 0 aliphatic carbocycles. The molecule has 0 unspecified atom stereocenters. The lowest BCUT2D eigenvalue weighted by Gasteiger charge is -2.13. The van der Waals surface area contributed by atoms with E-state index in [9.17, 15) is 13.2 Å². The summed E-state index contributed by atoms with van der Waals surface area (Å²) in [5.41, 5.74) is 3.33. The normalized spacial score (nSPS) is 11.8. The van der Waals surface area contributed by atoms with Crippen molar-refractivity contribution >= 4 is 21.7 Å². The van der Waals surface area contributed by atoms with Crippen LogP contribution >= 0.6 is 0 Å². The van der Waals surface area contributed by atoms with Crippen molar-refractivity contribution in [1.29, 1.82) is 0 Å². The molecule has 162 valence electrons. The molecule has 0 fully saturated rings. The maximum absolute atomic E-state index is 12.0. The van der Waals surface area contributed by atoms with Crippen molar-refractivity contribution in [2.75, 3.05) is 26.9 Å². The van der Waals surface area contributed by atoms with Crippen molar-refractivity contribution in [2.24, 2.45) is 4.99 Å². The van der Waals surface area contributed by atoms with Crippen LogP contribution in [0.15, 0.2) is 52.4 Å². The van der Waals surface area contributed by atoms with Crippen LogP contribution in [-0.4, -0.2) is 52.1 Å². The van der Waals surface area contributed by atoms with Gasteiger partial charge in [-0.1, -0.05) is 24.3 Å². The van der Waals surface area contributed by atoms with E-state index in [1.54, 1.807) is 38.1 Å². The van der Waals surface area contributed by atoms with Crippen molar-refractivity contribution < 1.29 is 13.2 Å². The number of sulfone groups is 1.